The van der Waals surface area contributed by atoms with Crippen LogP contribution >= 0.6 is 11.8 Å². The number of carbonyl (C=O) groups is 1. The van der Waals surface area contributed by atoms with Crippen molar-refractivity contribution in [3.05, 3.63) is 94.3 Å². The van der Waals surface area contributed by atoms with Crippen LogP contribution in [0.3, 0.4) is 0 Å². The molecule has 186 valence electrons. The molecule has 0 spiro atoms. The van der Waals surface area contributed by atoms with E-state index >= 15 is 0 Å². The monoisotopic (exact) mass is 503 g/mol. The highest BCUT2D eigenvalue weighted by atomic mass is 32.2. The Balaban J connectivity index is 1.55. The summed E-state index contributed by atoms with van der Waals surface area (Å²) < 4.78 is 12.4. The number of benzene rings is 3. The van der Waals surface area contributed by atoms with Crippen molar-refractivity contribution in [3.8, 4) is 11.5 Å². The molecule has 36 heavy (non-hydrogen) atoms. The van der Waals surface area contributed by atoms with E-state index in [-0.39, 0.29) is 17.2 Å². The summed E-state index contributed by atoms with van der Waals surface area (Å²) in [6.45, 7) is 0.944. The molecular weight excluding hydrogens is 474 g/mol. The van der Waals surface area contributed by atoms with Gasteiger partial charge < -0.3 is 14.4 Å². The molecule has 4 aromatic rings. The van der Waals surface area contributed by atoms with Gasteiger partial charge in [0.1, 0.15) is 0 Å². The number of aromatic nitrogens is 2. The summed E-state index contributed by atoms with van der Waals surface area (Å²) in [6, 6.07) is 22.9. The fourth-order valence-corrected chi connectivity index (χ4v) is 4.88. The molecule has 0 aliphatic carbocycles. The van der Waals surface area contributed by atoms with E-state index in [1.807, 2.05) is 66.7 Å². The molecule has 0 N–H and O–H groups in total. The lowest BCUT2D eigenvalue weighted by molar-refractivity contribution is -0.127. The first-order chi connectivity index (χ1) is 17.5. The predicted molar refractivity (Wildman–Crippen MR) is 143 cm³/mol. The van der Waals surface area contributed by atoms with Gasteiger partial charge in [-0.25, -0.2) is 4.98 Å². The summed E-state index contributed by atoms with van der Waals surface area (Å²) >= 11 is 1.29. The number of fused-ring (bicyclic) bond motifs is 1. The van der Waals surface area contributed by atoms with Crippen molar-refractivity contribution in [1.29, 1.82) is 0 Å². The maximum atomic E-state index is 13.4. The number of rotatable bonds is 10. The van der Waals surface area contributed by atoms with Crippen LogP contribution in [0.15, 0.2) is 82.7 Å². The number of carbonyl (C=O) groups excluding carboxylic acids is 1. The Morgan fingerprint density at radius 3 is 2.42 bits per heavy atom. The molecule has 8 heteroatoms. The van der Waals surface area contributed by atoms with Crippen molar-refractivity contribution < 1.29 is 14.3 Å². The van der Waals surface area contributed by atoms with Crippen molar-refractivity contribution >= 4 is 28.6 Å². The normalized spacial score (nSPS) is 10.9. The Morgan fingerprint density at radius 2 is 1.67 bits per heavy atom. The van der Waals surface area contributed by atoms with Gasteiger partial charge >= 0.3 is 0 Å². The smallest absolute Gasteiger partial charge is 0.262 e. The molecule has 0 saturated carbocycles. The van der Waals surface area contributed by atoms with Gasteiger partial charge in [0.25, 0.3) is 5.56 Å². The fraction of sp³-hybridized carbons (Fsp3) is 0.250. The number of ether oxygens (including phenoxy) is 2. The largest absolute Gasteiger partial charge is 0.493 e. The van der Waals surface area contributed by atoms with E-state index in [0.717, 1.165) is 11.1 Å². The minimum atomic E-state index is -0.117. The summed E-state index contributed by atoms with van der Waals surface area (Å²) in [5.74, 6) is 1.45. The third-order valence-corrected chi connectivity index (χ3v) is 6.87. The van der Waals surface area contributed by atoms with Crippen LogP contribution in [0.1, 0.15) is 11.1 Å². The van der Waals surface area contributed by atoms with Crippen LogP contribution in [0.25, 0.3) is 10.9 Å². The Labute approximate surface area is 214 Å². The molecule has 0 bridgehead atoms. The van der Waals surface area contributed by atoms with E-state index in [0.29, 0.717) is 47.1 Å². The van der Waals surface area contributed by atoms with Gasteiger partial charge in [0.15, 0.2) is 16.7 Å². The van der Waals surface area contributed by atoms with Crippen LogP contribution in [0.4, 0.5) is 0 Å². The fourth-order valence-electron chi connectivity index (χ4n) is 3.91. The number of hydrogen-bond acceptors (Lipinski definition) is 6. The highest BCUT2D eigenvalue weighted by Gasteiger charge is 2.16. The second-order valence-electron chi connectivity index (χ2n) is 8.33. The molecule has 0 aliphatic heterocycles. The van der Waals surface area contributed by atoms with E-state index in [1.54, 1.807) is 36.8 Å². The van der Waals surface area contributed by atoms with Gasteiger partial charge in [0, 0.05) is 20.1 Å². The molecule has 0 aliphatic rings. The number of thioether (sulfide) groups is 1. The van der Waals surface area contributed by atoms with Gasteiger partial charge in [-0.1, -0.05) is 60.3 Å². The number of hydrogen-bond donors (Lipinski definition) is 0. The van der Waals surface area contributed by atoms with Crippen molar-refractivity contribution in [2.45, 2.75) is 24.7 Å². The first-order valence-electron chi connectivity index (χ1n) is 11.6. The molecule has 7 nitrogen and oxygen atoms in total. The molecule has 0 saturated heterocycles. The zero-order valence-electron chi connectivity index (χ0n) is 20.6. The lowest BCUT2D eigenvalue weighted by Gasteiger charge is -2.18. The molecule has 1 amide bonds. The summed E-state index contributed by atoms with van der Waals surface area (Å²) in [4.78, 5) is 32.7. The van der Waals surface area contributed by atoms with E-state index in [4.69, 9.17) is 14.5 Å². The van der Waals surface area contributed by atoms with Crippen LogP contribution in [0.2, 0.25) is 0 Å². The average molecular weight is 504 g/mol. The number of para-hydroxylation sites is 1. The standard InChI is InChI=1S/C28H29N3O4S/c1-30(18-21-9-5-4-6-10-21)26(32)19-36-28-29-23-12-8-7-11-22(23)27(33)31(28)16-15-20-13-14-24(34-2)25(17-20)35-3/h4-14,17H,15-16,18-19H2,1-3H3. The third kappa shape index (κ3) is 5.88. The predicted octanol–water partition coefficient (Wildman–Crippen LogP) is 4.41. The minimum absolute atomic E-state index is 0.0299. The molecule has 1 aromatic heterocycles. The zero-order chi connectivity index (χ0) is 25.5. The van der Waals surface area contributed by atoms with Crippen LogP contribution in [0.5, 0.6) is 11.5 Å². The van der Waals surface area contributed by atoms with Crippen LogP contribution < -0.4 is 15.0 Å². The van der Waals surface area contributed by atoms with Crippen LogP contribution in [-0.2, 0) is 24.3 Å². The molecule has 3 aromatic carbocycles. The van der Waals surface area contributed by atoms with Crippen molar-refractivity contribution in [1.82, 2.24) is 14.5 Å². The summed E-state index contributed by atoms with van der Waals surface area (Å²) in [5, 5.41) is 1.09. The highest BCUT2D eigenvalue weighted by molar-refractivity contribution is 7.99. The van der Waals surface area contributed by atoms with Crippen molar-refractivity contribution in [2.75, 3.05) is 27.0 Å². The van der Waals surface area contributed by atoms with E-state index in [1.165, 1.54) is 11.8 Å². The number of methoxy groups -OCH3 is 2. The second-order valence-corrected chi connectivity index (χ2v) is 9.27. The highest BCUT2D eigenvalue weighted by Crippen LogP contribution is 2.28. The third-order valence-electron chi connectivity index (χ3n) is 5.91. The maximum absolute atomic E-state index is 13.4. The molecular formula is C28H29N3O4S. The molecule has 0 radical (unpaired) electrons. The Morgan fingerprint density at radius 1 is 0.944 bits per heavy atom. The zero-order valence-corrected chi connectivity index (χ0v) is 21.5. The SMILES string of the molecule is COc1ccc(CCn2c(SCC(=O)N(C)Cc3ccccc3)nc3ccccc3c2=O)cc1OC. The van der Waals surface area contributed by atoms with E-state index in [2.05, 4.69) is 0 Å². The topological polar surface area (TPSA) is 73.7 Å². The summed E-state index contributed by atoms with van der Waals surface area (Å²) in [5.41, 5.74) is 2.57. The van der Waals surface area contributed by atoms with Gasteiger partial charge in [-0.15, -0.1) is 0 Å². The Bertz CT molecular complexity index is 1410. The first kappa shape index (κ1) is 25.3. The molecule has 0 atom stereocenters. The Hall–Kier alpha value is -3.78. The Kier molecular flexibility index (Phi) is 8.28. The number of amides is 1. The van der Waals surface area contributed by atoms with Gasteiger partial charge in [0.2, 0.25) is 5.91 Å². The van der Waals surface area contributed by atoms with Crippen LogP contribution in [0, 0.1) is 0 Å². The van der Waals surface area contributed by atoms with Crippen molar-refractivity contribution in [2.24, 2.45) is 0 Å². The minimum Gasteiger partial charge on any atom is -0.493 e. The lowest BCUT2D eigenvalue weighted by Crippen LogP contribution is -2.29. The van der Waals surface area contributed by atoms with Gasteiger partial charge in [-0.05, 0) is 41.8 Å². The van der Waals surface area contributed by atoms with Crippen molar-refractivity contribution in [3.63, 3.8) is 0 Å². The maximum Gasteiger partial charge on any atom is 0.262 e. The number of aryl methyl sites for hydroxylation is 1. The van der Waals surface area contributed by atoms with Crippen LogP contribution in [-0.4, -0.2) is 47.4 Å². The first-order valence-corrected chi connectivity index (χ1v) is 12.6. The van der Waals surface area contributed by atoms with Gasteiger partial charge in [-0.2, -0.15) is 0 Å². The van der Waals surface area contributed by atoms with Gasteiger partial charge in [0.05, 0.1) is 30.9 Å². The number of nitrogens with zero attached hydrogens (tertiary/aromatic N) is 3. The van der Waals surface area contributed by atoms with E-state index < -0.39 is 0 Å². The molecule has 0 unspecified atom stereocenters. The molecule has 4 rings (SSSR count). The molecule has 1 heterocycles. The molecule has 0 fully saturated rings. The van der Waals surface area contributed by atoms with E-state index in [9.17, 15) is 9.59 Å². The second kappa shape index (κ2) is 11.8. The quantitative estimate of drug-likeness (QED) is 0.236. The van der Waals surface area contributed by atoms with Gasteiger partial charge in [-0.3, -0.25) is 14.2 Å². The lowest BCUT2D eigenvalue weighted by atomic mass is 10.1. The summed E-state index contributed by atoms with van der Waals surface area (Å²) in [6.07, 6.45) is 0.593. The summed E-state index contributed by atoms with van der Waals surface area (Å²) in [7, 11) is 4.98. The average Bonchev–Trinajstić information content (AvgIpc) is 2.91.